The van der Waals surface area contributed by atoms with Crippen LogP contribution in [-0.4, -0.2) is 33.3 Å². The molecule has 18 heavy (non-hydrogen) atoms. The molecule has 0 fully saturated rings. The lowest BCUT2D eigenvalue weighted by molar-refractivity contribution is -0.150. The third-order valence-corrected chi connectivity index (χ3v) is 3.33. The zero-order valence-corrected chi connectivity index (χ0v) is 10.8. The molecule has 2 aromatic rings. The van der Waals surface area contributed by atoms with Gasteiger partial charge in [-0.05, 0) is 18.4 Å². The Labute approximate surface area is 109 Å². The van der Waals surface area contributed by atoms with Gasteiger partial charge >= 0.3 is 5.97 Å². The summed E-state index contributed by atoms with van der Waals surface area (Å²) in [6.07, 6.45) is 2.59. The smallest absolute Gasteiger partial charge is 0.334 e. The number of carbonyl (C=O) groups is 1. The Hall–Kier alpha value is -1.66. The van der Waals surface area contributed by atoms with Crippen LogP contribution in [0.3, 0.4) is 0 Å². The number of thiophene rings is 1. The summed E-state index contributed by atoms with van der Waals surface area (Å²) in [5.74, 6) is -0.182. The SMILES string of the molecule is CCOC(Cn1ccnc1-c1cccs1)C(=O)O. The first-order valence-electron chi connectivity index (χ1n) is 5.61. The fraction of sp³-hybridized carbons (Fsp3) is 0.333. The average Bonchev–Trinajstić information content (AvgIpc) is 2.97. The lowest BCUT2D eigenvalue weighted by Gasteiger charge is -2.14. The number of hydrogen-bond acceptors (Lipinski definition) is 4. The molecule has 1 atom stereocenters. The molecular formula is C12H14N2O3S. The summed E-state index contributed by atoms with van der Waals surface area (Å²) in [6, 6.07) is 3.90. The number of aliphatic carboxylic acids is 1. The molecule has 2 rings (SSSR count). The Morgan fingerprint density at radius 2 is 2.50 bits per heavy atom. The molecular weight excluding hydrogens is 252 g/mol. The van der Waals surface area contributed by atoms with Crippen LogP contribution in [0.1, 0.15) is 6.92 Å². The second-order valence-corrected chi connectivity index (χ2v) is 4.61. The maximum absolute atomic E-state index is 11.1. The normalized spacial score (nSPS) is 12.5. The summed E-state index contributed by atoms with van der Waals surface area (Å²) in [7, 11) is 0. The van der Waals surface area contributed by atoms with Crippen LogP contribution in [0.4, 0.5) is 0 Å². The van der Waals surface area contributed by atoms with E-state index in [4.69, 9.17) is 9.84 Å². The molecule has 5 nitrogen and oxygen atoms in total. The number of nitrogens with zero attached hydrogens (tertiary/aromatic N) is 2. The topological polar surface area (TPSA) is 64.4 Å². The minimum Gasteiger partial charge on any atom is -0.479 e. The van der Waals surface area contributed by atoms with E-state index in [0.29, 0.717) is 6.61 Å². The number of imidazole rings is 1. The van der Waals surface area contributed by atoms with Gasteiger partial charge in [-0.15, -0.1) is 11.3 Å². The van der Waals surface area contributed by atoms with Crippen LogP contribution < -0.4 is 0 Å². The van der Waals surface area contributed by atoms with Gasteiger partial charge in [0.05, 0.1) is 11.4 Å². The first-order valence-corrected chi connectivity index (χ1v) is 6.49. The largest absolute Gasteiger partial charge is 0.479 e. The minimum atomic E-state index is -0.956. The average molecular weight is 266 g/mol. The molecule has 2 heterocycles. The molecule has 0 bridgehead atoms. The summed E-state index contributed by atoms with van der Waals surface area (Å²) in [5.41, 5.74) is 0. The first kappa shape index (κ1) is 12.8. The van der Waals surface area contributed by atoms with Crippen LogP contribution in [-0.2, 0) is 16.1 Å². The fourth-order valence-electron chi connectivity index (χ4n) is 1.67. The molecule has 0 aliphatic heterocycles. The number of aromatic nitrogens is 2. The van der Waals surface area contributed by atoms with E-state index < -0.39 is 12.1 Å². The Balaban J connectivity index is 2.19. The van der Waals surface area contributed by atoms with Gasteiger partial charge in [0.1, 0.15) is 5.82 Å². The highest BCUT2D eigenvalue weighted by atomic mass is 32.1. The number of rotatable bonds is 6. The minimum absolute atomic E-state index is 0.260. The summed E-state index contributed by atoms with van der Waals surface area (Å²) < 4.78 is 7.01. The van der Waals surface area contributed by atoms with Crippen molar-refractivity contribution in [3.05, 3.63) is 29.9 Å². The van der Waals surface area contributed by atoms with Gasteiger partial charge in [-0.3, -0.25) is 0 Å². The van der Waals surface area contributed by atoms with Crippen LogP contribution in [0.2, 0.25) is 0 Å². The monoisotopic (exact) mass is 266 g/mol. The molecule has 2 aromatic heterocycles. The van der Waals surface area contributed by atoms with Crippen molar-refractivity contribution in [2.45, 2.75) is 19.6 Å². The molecule has 96 valence electrons. The van der Waals surface area contributed by atoms with E-state index in [9.17, 15) is 4.79 Å². The van der Waals surface area contributed by atoms with Gasteiger partial charge in [0.2, 0.25) is 0 Å². The van der Waals surface area contributed by atoms with E-state index in [1.165, 1.54) is 0 Å². The maximum Gasteiger partial charge on any atom is 0.334 e. The van der Waals surface area contributed by atoms with Gasteiger partial charge in [0.25, 0.3) is 0 Å². The third kappa shape index (κ3) is 2.77. The summed E-state index contributed by atoms with van der Waals surface area (Å²) >= 11 is 1.57. The van der Waals surface area contributed by atoms with Crippen molar-refractivity contribution in [1.82, 2.24) is 9.55 Å². The Morgan fingerprint density at radius 3 is 3.11 bits per heavy atom. The lowest BCUT2D eigenvalue weighted by Crippen LogP contribution is -2.29. The van der Waals surface area contributed by atoms with Crippen molar-refractivity contribution < 1.29 is 14.6 Å². The molecule has 0 radical (unpaired) electrons. The molecule has 0 aliphatic carbocycles. The van der Waals surface area contributed by atoms with Crippen molar-refractivity contribution >= 4 is 17.3 Å². The van der Waals surface area contributed by atoms with E-state index in [2.05, 4.69) is 4.98 Å². The van der Waals surface area contributed by atoms with Gasteiger partial charge in [0.15, 0.2) is 6.10 Å². The Kier molecular flexibility index (Phi) is 4.11. The summed E-state index contributed by atoms with van der Waals surface area (Å²) in [5, 5.41) is 11.0. The van der Waals surface area contributed by atoms with Crippen LogP contribution in [0, 0.1) is 0 Å². The van der Waals surface area contributed by atoms with Crippen molar-refractivity contribution in [2.75, 3.05) is 6.61 Å². The number of ether oxygens (including phenoxy) is 1. The number of carboxylic acids is 1. The molecule has 6 heteroatoms. The van der Waals surface area contributed by atoms with Crippen LogP contribution in [0.15, 0.2) is 29.9 Å². The predicted octanol–water partition coefficient (Wildman–Crippen LogP) is 2.10. The van der Waals surface area contributed by atoms with Crippen molar-refractivity contribution in [1.29, 1.82) is 0 Å². The highest BCUT2D eigenvalue weighted by Gasteiger charge is 2.19. The Morgan fingerprint density at radius 1 is 1.67 bits per heavy atom. The number of carboxylic acid groups (broad SMARTS) is 1. The van der Waals surface area contributed by atoms with E-state index in [0.717, 1.165) is 10.7 Å². The fourth-order valence-corrected chi connectivity index (χ4v) is 2.41. The van der Waals surface area contributed by atoms with Gasteiger partial charge in [-0.1, -0.05) is 6.07 Å². The lowest BCUT2D eigenvalue weighted by atomic mass is 10.3. The number of hydrogen-bond donors (Lipinski definition) is 1. The summed E-state index contributed by atoms with van der Waals surface area (Å²) in [4.78, 5) is 16.3. The van der Waals surface area contributed by atoms with Gasteiger partial charge in [-0.25, -0.2) is 9.78 Å². The van der Waals surface area contributed by atoms with Gasteiger partial charge < -0.3 is 14.4 Å². The second kappa shape index (κ2) is 5.79. The van der Waals surface area contributed by atoms with Crippen LogP contribution in [0.25, 0.3) is 10.7 Å². The molecule has 1 unspecified atom stereocenters. The maximum atomic E-state index is 11.1. The molecule has 0 saturated heterocycles. The quantitative estimate of drug-likeness (QED) is 0.869. The molecule has 0 aromatic carbocycles. The van der Waals surface area contributed by atoms with Crippen molar-refractivity contribution in [2.24, 2.45) is 0 Å². The molecule has 0 saturated carbocycles. The van der Waals surface area contributed by atoms with Crippen LogP contribution in [0.5, 0.6) is 0 Å². The molecule has 0 aliphatic rings. The first-order chi connectivity index (χ1) is 8.72. The Bertz CT molecular complexity index is 507. The van der Waals surface area contributed by atoms with Gasteiger partial charge in [-0.2, -0.15) is 0 Å². The summed E-state index contributed by atoms with van der Waals surface area (Å²) in [6.45, 7) is 2.42. The van der Waals surface area contributed by atoms with E-state index in [1.54, 1.807) is 35.2 Å². The highest BCUT2D eigenvalue weighted by molar-refractivity contribution is 7.13. The van der Waals surface area contributed by atoms with E-state index in [-0.39, 0.29) is 6.54 Å². The highest BCUT2D eigenvalue weighted by Crippen LogP contribution is 2.23. The van der Waals surface area contributed by atoms with Crippen LogP contribution >= 0.6 is 11.3 Å². The van der Waals surface area contributed by atoms with E-state index >= 15 is 0 Å². The van der Waals surface area contributed by atoms with Gasteiger partial charge in [0, 0.05) is 19.0 Å². The van der Waals surface area contributed by atoms with Crippen molar-refractivity contribution in [3.8, 4) is 10.7 Å². The zero-order valence-electron chi connectivity index (χ0n) is 9.94. The predicted molar refractivity (Wildman–Crippen MR) is 68.6 cm³/mol. The third-order valence-electron chi connectivity index (χ3n) is 2.46. The second-order valence-electron chi connectivity index (χ2n) is 3.66. The molecule has 0 spiro atoms. The molecule has 0 amide bonds. The molecule has 1 N–H and O–H groups in total. The van der Waals surface area contributed by atoms with Crippen molar-refractivity contribution in [3.63, 3.8) is 0 Å². The van der Waals surface area contributed by atoms with E-state index in [1.807, 2.05) is 17.5 Å². The zero-order chi connectivity index (χ0) is 13.0. The standard InChI is InChI=1S/C12H14N2O3S/c1-2-17-9(12(15)16)8-14-6-5-13-11(14)10-4-3-7-18-10/h3-7,9H,2,8H2,1H3,(H,15,16).